The van der Waals surface area contributed by atoms with E-state index in [0.717, 1.165) is 6.07 Å². The monoisotopic (exact) mass is 413 g/mol. The van der Waals surface area contributed by atoms with Crippen molar-refractivity contribution < 1.29 is 19.2 Å². The molecule has 1 N–H and O–H groups in total. The lowest BCUT2D eigenvalue weighted by Gasteiger charge is -2.17. The van der Waals surface area contributed by atoms with Crippen molar-refractivity contribution in [3.8, 4) is 6.07 Å². The number of benzene rings is 2. The van der Waals surface area contributed by atoms with E-state index in [1.807, 2.05) is 12.3 Å². The first kappa shape index (κ1) is 21.9. The van der Waals surface area contributed by atoms with Crippen LogP contribution in [0.25, 0.3) is 0 Å². The quantitative estimate of drug-likeness (QED) is 0.381. The highest BCUT2D eigenvalue weighted by molar-refractivity contribution is 7.98. The largest absolute Gasteiger partial charge is 0.459 e. The van der Waals surface area contributed by atoms with Gasteiger partial charge in [0.15, 0.2) is 0 Å². The molecule has 0 aliphatic heterocycles. The third kappa shape index (κ3) is 6.62. The zero-order valence-corrected chi connectivity index (χ0v) is 16.5. The van der Waals surface area contributed by atoms with E-state index in [9.17, 15) is 19.7 Å². The smallest absolute Gasteiger partial charge is 0.329 e. The zero-order valence-electron chi connectivity index (χ0n) is 15.7. The number of esters is 1. The number of ether oxygens (including phenoxy) is 1. The molecule has 29 heavy (non-hydrogen) atoms. The molecule has 0 radical (unpaired) electrons. The molecule has 0 heterocycles. The van der Waals surface area contributed by atoms with E-state index in [0.29, 0.717) is 23.3 Å². The van der Waals surface area contributed by atoms with Gasteiger partial charge in [-0.1, -0.05) is 18.2 Å². The van der Waals surface area contributed by atoms with Gasteiger partial charge in [0.2, 0.25) is 0 Å². The van der Waals surface area contributed by atoms with Crippen LogP contribution in [0.4, 0.5) is 5.69 Å². The molecule has 2 aromatic rings. The van der Waals surface area contributed by atoms with Gasteiger partial charge in [-0.3, -0.25) is 14.9 Å². The Morgan fingerprint density at radius 3 is 2.62 bits per heavy atom. The number of non-ortho nitro benzene ring substituents is 1. The summed E-state index contributed by atoms with van der Waals surface area (Å²) in [4.78, 5) is 35.2. The highest BCUT2D eigenvalue weighted by Crippen LogP contribution is 2.14. The number of rotatable bonds is 9. The number of amides is 1. The lowest BCUT2D eigenvalue weighted by molar-refractivity contribution is -0.384. The van der Waals surface area contributed by atoms with E-state index in [4.69, 9.17) is 10.00 Å². The predicted octanol–water partition coefficient (Wildman–Crippen LogP) is 3.06. The predicted molar refractivity (Wildman–Crippen MR) is 108 cm³/mol. The molecule has 0 fully saturated rings. The molecule has 0 spiro atoms. The van der Waals surface area contributed by atoms with Gasteiger partial charge >= 0.3 is 5.97 Å². The van der Waals surface area contributed by atoms with E-state index < -0.39 is 22.8 Å². The third-order valence-corrected chi connectivity index (χ3v) is 4.63. The van der Waals surface area contributed by atoms with E-state index >= 15 is 0 Å². The molecule has 8 nitrogen and oxygen atoms in total. The van der Waals surface area contributed by atoms with E-state index in [2.05, 4.69) is 5.32 Å². The number of hydrogen-bond acceptors (Lipinski definition) is 7. The summed E-state index contributed by atoms with van der Waals surface area (Å²) in [6.45, 7) is 0.00693. The molecular formula is C20H19N3O5S. The normalized spacial score (nSPS) is 11.2. The Morgan fingerprint density at radius 1 is 1.28 bits per heavy atom. The Morgan fingerprint density at radius 2 is 2.00 bits per heavy atom. The Kier molecular flexibility index (Phi) is 8.18. The van der Waals surface area contributed by atoms with Crippen LogP contribution in [0.3, 0.4) is 0 Å². The van der Waals surface area contributed by atoms with Gasteiger partial charge < -0.3 is 10.1 Å². The second-order valence-electron chi connectivity index (χ2n) is 6.03. The van der Waals surface area contributed by atoms with Gasteiger partial charge in [0.25, 0.3) is 11.6 Å². The number of carbonyl (C=O) groups excluding carboxylic acids is 2. The molecule has 2 aromatic carbocycles. The van der Waals surface area contributed by atoms with Gasteiger partial charge in [0.1, 0.15) is 12.6 Å². The average Bonchev–Trinajstić information content (AvgIpc) is 2.75. The number of nitriles is 1. The summed E-state index contributed by atoms with van der Waals surface area (Å²) in [6, 6.07) is 13.0. The fraction of sp³-hybridized carbons (Fsp3) is 0.250. The molecule has 1 atom stereocenters. The van der Waals surface area contributed by atoms with Gasteiger partial charge in [-0.2, -0.15) is 17.0 Å². The van der Waals surface area contributed by atoms with Crippen molar-refractivity contribution in [2.24, 2.45) is 0 Å². The van der Waals surface area contributed by atoms with Crippen molar-refractivity contribution in [2.45, 2.75) is 19.1 Å². The van der Waals surface area contributed by atoms with Gasteiger partial charge in [0.05, 0.1) is 16.6 Å². The first-order valence-electron chi connectivity index (χ1n) is 8.64. The molecule has 2 rings (SSSR count). The molecule has 0 aliphatic rings. The van der Waals surface area contributed by atoms with Crippen LogP contribution in [0, 0.1) is 21.4 Å². The van der Waals surface area contributed by atoms with Crippen molar-refractivity contribution in [3.05, 3.63) is 75.3 Å². The van der Waals surface area contributed by atoms with Crippen molar-refractivity contribution in [1.82, 2.24) is 5.32 Å². The number of nitro benzene ring substituents is 1. The van der Waals surface area contributed by atoms with Crippen molar-refractivity contribution in [2.75, 3.05) is 12.0 Å². The summed E-state index contributed by atoms with van der Waals surface area (Å²) in [5.74, 6) is -0.566. The summed E-state index contributed by atoms with van der Waals surface area (Å²) in [7, 11) is 0. The third-order valence-electron chi connectivity index (χ3n) is 3.98. The standard InChI is InChI=1S/C20H19N3O5S/c1-29-10-9-18(20(25)28-13-15-7-5-14(12-21)6-8-15)22-19(24)16-3-2-4-17(11-16)23(26)27/h2-8,11,18H,9-10,13H2,1H3,(H,22,24)/t18-/m0/s1. The molecular weight excluding hydrogens is 394 g/mol. The zero-order chi connectivity index (χ0) is 21.2. The number of nitrogens with one attached hydrogen (secondary N) is 1. The van der Waals surface area contributed by atoms with Crippen LogP contribution in [-0.4, -0.2) is 34.9 Å². The van der Waals surface area contributed by atoms with E-state index in [1.54, 1.807) is 24.3 Å². The maximum Gasteiger partial charge on any atom is 0.329 e. The number of carbonyl (C=O) groups is 2. The first-order valence-corrected chi connectivity index (χ1v) is 10.0. The van der Waals surface area contributed by atoms with Gasteiger partial charge in [-0.15, -0.1) is 0 Å². The highest BCUT2D eigenvalue weighted by atomic mass is 32.2. The molecule has 1 amide bonds. The molecule has 0 aliphatic carbocycles. The fourth-order valence-electron chi connectivity index (χ4n) is 2.42. The second-order valence-corrected chi connectivity index (χ2v) is 7.02. The SMILES string of the molecule is CSCC[C@H](NC(=O)c1cccc([N+](=O)[O-])c1)C(=O)OCc1ccc(C#N)cc1. The summed E-state index contributed by atoms with van der Waals surface area (Å²) >= 11 is 1.52. The van der Waals surface area contributed by atoms with Crippen LogP contribution in [0.15, 0.2) is 48.5 Å². The van der Waals surface area contributed by atoms with Crippen LogP contribution in [-0.2, 0) is 16.1 Å². The maximum atomic E-state index is 12.5. The van der Waals surface area contributed by atoms with Crippen LogP contribution in [0.5, 0.6) is 0 Å². The van der Waals surface area contributed by atoms with E-state index in [-0.39, 0.29) is 17.9 Å². The Hall–Kier alpha value is -3.38. The summed E-state index contributed by atoms with van der Waals surface area (Å²) < 4.78 is 5.31. The highest BCUT2D eigenvalue weighted by Gasteiger charge is 2.23. The van der Waals surface area contributed by atoms with Crippen LogP contribution < -0.4 is 5.32 Å². The molecule has 0 saturated carbocycles. The Balaban J connectivity index is 2.04. The van der Waals surface area contributed by atoms with Gasteiger partial charge in [-0.05, 0) is 42.2 Å². The minimum atomic E-state index is -0.882. The van der Waals surface area contributed by atoms with Crippen LogP contribution in [0.2, 0.25) is 0 Å². The van der Waals surface area contributed by atoms with Crippen molar-refractivity contribution in [3.63, 3.8) is 0 Å². The molecule has 0 aromatic heterocycles. The Labute approximate surface area is 172 Å². The fourth-order valence-corrected chi connectivity index (χ4v) is 2.89. The minimum absolute atomic E-state index is 0.00693. The number of hydrogen-bond donors (Lipinski definition) is 1. The van der Waals surface area contributed by atoms with Crippen molar-refractivity contribution >= 4 is 29.3 Å². The lowest BCUT2D eigenvalue weighted by atomic mass is 10.1. The van der Waals surface area contributed by atoms with Gasteiger partial charge in [0, 0.05) is 17.7 Å². The second kappa shape index (κ2) is 10.8. The molecule has 9 heteroatoms. The number of nitrogens with zero attached hydrogens (tertiary/aromatic N) is 2. The lowest BCUT2D eigenvalue weighted by Crippen LogP contribution is -2.42. The van der Waals surface area contributed by atoms with Gasteiger partial charge in [-0.25, -0.2) is 4.79 Å². The molecule has 0 bridgehead atoms. The van der Waals surface area contributed by atoms with E-state index in [1.165, 1.54) is 30.0 Å². The number of thioether (sulfide) groups is 1. The maximum absolute atomic E-state index is 12.5. The first-order chi connectivity index (χ1) is 13.9. The molecule has 150 valence electrons. The summed E-state index contributed by atoms with van der Waals surface area (Å²) in [5.41, 5.74) is 1.10. The van der Waals surface area contributed by atoms with Crippen molar-refractivity contribution in [1.29, 1.82) is 5.26 Å². The average molecular weight is 413 g/mol. The Bertz CT molecular complexity index is 924. The molecule has 0 saturated heterocycles. The minimum Gasteiger partial charge on any atom is -0.459 e. The molecule has 0 unspecified atom stereocenters. The summed E-state index contributed by atoms with van der Waals surface area (Å²) in [6.07, 6.45) is 2.23. The van der Waals surface area contributed by atoms with Crippen LogP contribution in [0.1, 0.15) is 27.9 Å². The van der Waals surface area contributed by atoms with Crippen LogP contribution >= 0.6 is 11.8 Å². The number of nitro groups is 1. The summed E-state index contributed by atoms with van der Waals surface area (Å²) in [5, 5.41) is 22.3. The topological polar surface area (TPSA) is 122 Å².